The van der Waals surface area contributed by atoms with Crippen LogP contribution in [0.4, 0.5) is 5.69 Å². The van der Waals surface area contributed by atoms with Crippen LogP contribution in [0.15, 0.2) is 18.2 Å². The first-order chi connectivity index (χ1) is 11.1. The Morgan fingerprint density at radius 3 is 2.65 bits per heavy atom. The number of benzene rings is 1. The van der Waals surface area contributed by atoms with Crippen molar-refractivity contribution in [2.45, 2.75) is 38.8 Å². The van der Waals surface area contributed by atoms with Crippen molar-refractivity contribution in [3.63, 3.8) is 0 Å². The molecule has 126 valence electrons. The number of carbonyl (C=O) groups is 1. The van der Waals surface area contributed by atoms with E-state index in [0.29, 0.717) is 12.6 Å². The largest absolute Gasteiger partial charge is 0.480 e. The maximum Gasteiger partial charge on any atom is 0.322 e. The molecular weight excluding hydrogens is 290 g/mol. The molecule has 2 aliphatic heterocycles. The molecule has 0 spiro atoms. The highest BCUT2D eigenvalue weighted by Gasteiger charge is 2.31. The number of aryl methyl sites for hydroxylation is 1. The van der Waals surface area contributed by atoms with Crippen molar-refractivity contribution in [3.05, 3.63) is 29.3 Å². The first-order valence-electron chi connectivity index (χ1n) is 8.57. The molecule has 2 aliphatic rings. The molecule has 1 aromatic carbocycles. The molecular formula is C18H27N3O2. The summed E-state index contributed by atoms with van der Waals surface area (Å²) in [5.41, 5.74) is 4.07. The molecule has 1 aromatic rings. The molecule has 0 unspecified atom stereocenters. The third-order valence-electron chi connectivity index (χ3n) is 5.40. The number of hydrogen-bond donors (Lipinski definition) is 2. The molecule has 2 fully saturated rings. The third-order valence-corrected chi connectivity index (χ3v) is 5.40. The number of hydrogen-bond acceptors (Lipinski definition) is 4. The number of rotatable bonds is 3. The summed E-state index contributed by atoms with van der Waals surface area (Å²) >= 11 is 0. The van der Waals surface area contributed by atoms with Crippen LogP contribution in [-0.2, 0) is 4.79 Å². The highest BCUT2D eigenvalue weighted by molar-refractivity contribution is 5.73. The molecule has 0 radical (unpaired) electrons. The Labute approximate surface area is 138 Å². The molecule has 2 saturated heterocycles. The zero-order valence-electron chi connectivity index (χ0n) is 14.1. The van der Waals surface area contributed by atoms with E-state index < -0.39 is 12.0 Å². The number of carboxylic acids is 1. The van der Waals surface area contributed by atoms with Gasteiger partial charge in [0.15, 0.2) is 0 Å². The van der Waals surface area contributed by atoms with E-state index in [-0.39, 0.29) is 0 Å². The molecule has 2 N–H and O–H groups in total. The van der Waals surface area contributed by atoms with Gasteiger partial charge < -0.3 is 15.3 Å². The Morgan fingerprint density at radius 2 is 1.96 bits per heavy atom. The van der Waals surface area contributed by atoms with Crippen LogP contribution in [0.3, 0.4) is 0 Å². The maximum absolute atomic E-state index is 11.2. The van der Waals surface area contributed by atoms with Gasteiger partial charge in [-0.2, -0.15) is 0 Å². The van der Waals surface area contributed by atoms with E-state index in [1.165, 1.54) is 16.8 Å². The molecule has 1 atom stereocenters. The van der Waals surface area contributed by atoms with Gasteiger partial charge in [-0.15, -0.1) is 0 Å². The highest BCUT2D eigenvalue weighted by Crippen LogP contribution is 2.27. The Kier molecular flexibility index (Phi) is 4.87. The van der Waals surface area contributed by atoms with Crippen molar-refractivity contribution in [3.8, 4) is 0 Å². The minimum Gasteiger partial charge on any atom is -0.480 e. The van der Waals surface area contributed by atoms with E-state index in [1.807, 2.05) is 0 Å². The maximum atomic E-state index is 11.2. The van der Waals surface area contributed by atoms with E-state index in [4.69, 9.17) is 0 Å². The highest BCUT2D eigenvalue weighted by atomic mass is 16.4. The summed E-state index contributed by atoms with van der Waals surface area (Å²) in [5.74, 6) is -0.734. The minimum atomic E-state index is -0.734. The van der Waals surface area contributed by atoms with Crippen molar-refractivity contribution in [2.75, 3.05) is 37.6 Å². The third kappa shape index (κ3) is 3.51. The van der Waals surface area contributed by atoms with Gasteiger partial charge in [-0.3, -0.25) is 9.69 Å². The van der Waals surface area contributed by atoms with Crippen molar-refractivity contribution in [1.82, 2.24) is 10.2 Å². The van der Waals surface area contributed by atoms with Crippen LogP contribution in [0, 0.1) is 13.8 Å². The second-order valence-corrected chi connectivity index (χ2v) is 6.78. The van der Waals surface area contributed by atoms with Crippen LogP contribution < -0.4 is 10.2 Å². The lowest BCUT2D eigenvalue weighted by atomic mass is 9.99. The normalized spacial score (nSPS) is 23.9. The van der Waals surface area contributed by atoms with E-state index in [9.17, 15) is 9.90 Å². The monoisotopic (exact) mass is 317 g/mol. The minimum absolute atomic E-state index is 0.416. The fraction of sp³-hybridized carbons (Fsp3) is 0.611. The number of piperazine rings is 1. The summed E-state index contributed by atoms with van der Waals surface area (Å²) < 4.78 is 0. The molecule has 5 heteroatoms. The molecule has 0 aromatic heterocycles. The van der Waals surface area contributed by atoms with Gasteiger partial charge in [0.25, 0.3) is 0 Å². The van der Waals surface area contributed by atoms with Crippen LogP contribution in [-0.4, -0.2) is 60.8 Å². The Hall–Kier alpha value is -1.59. The summed E-state index contributed by atoms with van der Waals surface area (Å²) in [5, 5.41) is 12.3. The second-order valence-electron chi connectivity index (χ2n) is 6.78. The van der Waals surface area contributed by atoms with E-state index in [0.717, 1.165) is 39.0 Å². The number of piperidine rings is 1. The predicted octanol–water partition coefficient (Wildman–Crippen LogP) is 1.63. The zero-order chi connectivity index (χ0) is 16.4. The Bertz CT molecular complexity index is 567. The topological polar surface area (TPSA) is 55.8 Å². The SMILES string of the molecule is Cc1cccc(N2CCC(N3CCN[C@H](C(=O)O)C3)CC2)c1C. The summed E-state index contributed by atoms with van der Waals surface area (Å²) in [6.45, 7) is 8.83. The lowest BCUT2D eigenvalue weighted by Crippen LogP contribution is -2.58. The zero-order valence-corrected chi connectivity index (χ0v) is 14.1. The molecule has 5 nitrogen and oxygen atoms in total. The Balaban J connectivity index is 1.60. The first kappa shape index (κ1) is 16.3. The second kappa shape index (κ2) is 6.89. The number of nitrogens with zero attached hydrogens (tertiary/aromatic N) is 2. The van der Waals surface area contributed by atoms with Crippen LogP contribution in [0.2, 0.25) is 0 Å². The number of aliphatic carboxylic acids is 1. The van der Waals surface area contributed by atoms with Gasteiger partial charge in [0, 0.05) is 44.5 Å². The van der Waals surface area contributed by atoms with Crippen LogP contribution in [0.1, 0.15) is 24.0 Å². The number of anilines is 1. The van der Waals surface area contributed by atoms with E-state index in [1.54, 1.807) is 0 Å². The predicted molar refractivity (Wildman–Crippen MR) is 92.2 cm³/mol. The van der Waals surface area contributed by atoms with Gasteiger partial charge in [-0.05, 0) is 43.9 Å². The average Bonchev–Trinajstić information content (AvgIpc) is 2.58. The average molecular weight is 317 g/mol. The standard InChI is InChI=1S/C18H27N3O2/c1-13-4-3-5-17(14(13)2)20-9-6-15(7-10-20)21-11-8-19-16(12-21)18(22)23/h3-5,15-16,19H,6-12H2,1-2H3,(H,22,23)/t16-/m0/s1. The fourth-order valence-corrected chi connectivity index (χ4v) is 3.82. The lowest BCUT2D eigenvalue weighted by Gasteiger charge is -2.42. The van der Waals surface area contributed by atoms with Gasteiger partial charge in [-0.1, -0.05) is 12.1 Å². The van der Waals surface area contributed by atoms with E-state index in [2.05, 4.69) is 47.2 Å². The smallest absolute Gasteiger partial charge is 0.322 e. The lowest BCUT2D eigenvalue weighted by molar-refractivity contribution is -0.141. The van der Waals surface area contributed by atoms with Crippen molar-refractivity contribution in [1.29, 1.82) is 0 Å². The van der Waals surface area contributed by atoms with Crippen molar-refractivity contribution < 1.29 is 9.90 Å². The quantitative estimate of drug-likeness (QED) is 0.887. The summed E-state index contributed by atoms with van der Waals surface area (Å²) in [7, 11) is 0. The molecule has 0 amide bonds. The van der Waals surface area contributed by atoms with Gasteiger partial charge in [0.2, 0.25) is 0 Å². The van der Waals surface area contributed by atoms with Gasteiger partial charge in [0.05, 0.1) is 0 Å². The molecule has 0 aliphatic carbocycles. The molecule has 3 rings (SSSR count). The summed E-state index contributed by atoms with van der Waals surface area (Å²) in [6, 6.07) is 6.62. The van der Waals surface area contributed by atoms with Crippen LogP contribution in [0.25, 0.3) is 0 Å². The molecule has 23 heavy (non-hydrogen) atoms. The van der Waals surface area contributed by atoms with Crippen LogP contribution in [0.5, 0.6) is 0 Å². The van der Waals surface area contributed by atoms with Crippen molar-refractivity contribution >= 4 is 11.7 Å². The summed E-state index contributed by atoms with van der Waals surface area (Å²) in [6.07, 6.45) is 2.22. The van der Waals surface area contributed by atoms with Crippen molar-refractivity contribution in [2.24, 2.45) is 0 Å². The van der Waals surface area contributed by atoms with Gasteiger partial charge in [-0.25, -0.2) is 0 Å². The van der Waals surface area contributed by atoms with Gasteiger partial charge in [0.1, 0.15) is 6.04 Å². The fourth-order valence-electron chi connectivity index (χ4n) is 3.82. The van der Waals surface area contributed by atoms with Gasteiger partial charge >= 0.3 is 5.97 Å². The Morgan fingerprint density at radius 1 is 1.22 bits per heavy atom. The number of carboxylic acid groups (broad SMARTS) is 1. The molecule has 0 bridgehead atoms. The molecule has 2 heterocycles. The molecule has 0 saturated carbocycles. The first-order valence-corrected chi connectivity index (χ1v) is 8.57. The van der Waals surface area contributed by atoms with Crippen LogP contribution >= 0.6 is 0 Å². The summed E-state index contributed by atoms with van der Waals surface area (Å²) in [4.78, 5) is 16.0. The number of nitrogens with one attached hydrogen (secondary N) is 1. The van der Waals surface area contributed by atoms with E-state index >= 15 is 0 Å².